The molecule has 0 spiro atoms. The van der Waals surface area contributed by atoms with E-state index in [0.29, 0.717) is 18.7 Å². The Labute approximate surface area is 210 Å². The highest BCUT2D eigenvalue weighted by atomic mass is 16.5. The van der Waals surface area contributed by atoms with E-state index in [1.807, 2.05) is 73.7 Å². The molecule has 5 rings (SSSR count). The van der Waals surface area contributed by atoms with Crippen molar-refractivity contribution in [2.45, 2.75) is 33.0 Å². The lowest BCUT2D eigenvalue weighted by Crippen LogP contribution is -2.33. The van der Waals surface area contributed by atoms with Gasteiger partial charge in [-0.15, -0.1) is 0 Å². The van der Waals surface area contributed by atoms with Gasteiger partial charge in [0.15, 0.2) is 6.61 Å². The Hall–Kier alpha value is -4.03. The summed E-state index contributed by atoms with van der Waals surface area (Å²) in [5, 5.41) is 3.58. The van der Waals surface area contributed by atoms with Crippen LogP contribution in [0.2, 0.25) is 0 Å². The van der Waals surface area contributed by atoms with Crippen molar-refractivity contribution in [2.75, 3.05) is 13.2 Å². The number of pyridine rings is 1. The van der Waals surface area contributed by atoms with E-state index in [2.05, 4.69) is 22.3 Å². The lowest BCUT2D eigenvalue weighted by atomic mass is 9.95. The summed E-state index contributed by atoms with van der Waals surface area (Å²) in [5.74, 6) is -0.821. The zero-order valence-electron chi connectivity index (χ0n) is 20.4. The van der Waals surface area contributed by atoms with Gasteiger partial charge >= 0.3 is 5.97 Å². The van der Waals surface area contributed by atoms with Gasteiger partial charge in [-0.3, -0.25) is 14.7 Å². The van der Waals surface area contributed by atoms with Gasteiger partial charge in [0, 0.05) is 49.2 Å². The molecule has 0 bridgehead atoms. The minimum atomic E-state index is -0.489. The lowest BCUT2D eigenvalue weighted by molar-refractivity contribution is -0.124. The number of nitrogens with one attached hydrogen (secondary N) is 1. The number of hydrogen-bond donors (Lipinski definition) is 1. The number of ether oxygens (including phenoxy) is 1. The summed E-state index contributed by atoms with van der Waals surface area (Å²) in [6, 6.07) is 25.9. The average molecular weight is 480 g/mol. The molecule has 0 saturated heterocycles. The lowest BCUT2D eigenvalue weighted by Gasteiger charge is -2.30. The van der Waals surface area contributed by atoms with Crippen LogP contribution >= 0.6 is 0 Å². The van der Waals surface area contributed by atoms with Crippen LogP contribution in [0.15, 0.2) is 78.9 Å². The molecule has 4 aromatic rings. The number of aryl methyl sites for hydroxylation is 1. The number of aromatic nitrogens is 1. The van der Waals surface area contributed by atoms with Crippen molar-refractivity contribution in [3.05, 3.63) is 112 Å². The first kappa shape index (κ1) is 23.7. The van der Waals surface area contributed by atoms with Gasteiger partial charge in [0.2, 0.25) is 0 Å². The Morgan fingerprint density at radius 1 is 0.944 bits per heavy atom. The van der Waals surface area contributed by atoms with Crippen molar-refractivity contribution in [3.63, 3.8) is 0 Å². The maximum Gasteiger partial charge on any atom is 0.339 e. The second kappa shape index (κ2) is 10.7. The zero-order chi connectivity index (χ0) is 24.9. The number of fused-ring (bicyclic) bond motifs is 2. The summed E-state index contributed by atoms with van der Waals surface area (Å²) in [6.07, 6.45) is 0.754. The molecule has 0 atom stereocenters. The molecule has 182 valence electrons. The van der Waals surface area contributed by atoms with Gasteiger partial charge < -0.3 is 10.1 Å². The van der Waals surface area contributed by atoms with Crippen molar-refractivity contribution < 1.29 is 14.3 Å². The minimum Gasteiger partial charge on any atom is -0.452 e. The number of carbonyl (C=O) groups is 2. The minimum absolute atomic E-state index is 0.330. The second-order valence-corrected chi connectivity index (χ2v) is 9.21. The van der Waals surface area contributed by atoms with E-state index < -0.39 is 5.97 Å². The first-order chi connectivity index (χ1) is 17.6. The molecule has 1 amide bonds. The number of hydrogen-bond acceptors (Lipinski definition) is 5. The predicted molar refractivity (Wildman–Crippen MR) is 139 cm³/mol. The number of nitrogens with zero attached hydrogens (tertiary/aromatic N) is 2. The van der Waals surface area contributed by atoms with Gasteiger partial charge in [-0.2, -0.15) is 0 Å². The Kier molecular flexibility index (Phi) is 7.05. The fourth-order valence-corrected chi connectivity index (χ4v) is 4.62. The maximum atomic E-state index is 13.4. The molecular weight excluding hydrogens is 450 g/mol. The van der Waals surface area contributed by atoms with Crippen LogP contribution in [-0.2, 0) is 35.6 Å². The Balaban J connectivity index is 1.32. The van der Waals surface area contributed by atoms with E-state index in [-0.39, 0.29) is 12.5 Å². The third kappa shape index (κ3) is 5.44. The average Bonchev–Trinajstić information content (AvgIpc) is 2.90. The molecule has 1 aliphatic heterocycles. The number of rotatable bonds is 7. The predicted octanol–water partition coefficient (Wildman–Crippen LogP) is 4.57. The fourth-order valence-electron chi connectivity index (χ4n) is 4.62. The normalized spacial score (nSPS) is 13.2. The first-order valence-electron chi connectivity index (χ1n) is 12.2. The summed E-state index contributed by atoms with van der Waals surface area (Å²) in [6.45, 7) is 4.34. The van der Waals surface area contributed by atoms with Crippen LogP contribution < -0.4 is 5.32 Å². The standard InChI is InChI=1S/C30H29N3O3/c1-21-11-13-22(14-12-21)17-31-28(34)20-36-30(35)29-24-9-5-6-10-26(24)32-27-15-16-33(19-25(27)29)18-23-7-3-2-4-8-23/h2-14H,15-20H2,1H3,(H,31,34). The molecule has 0 unspecified atom stereocenters. The highest BCUT2D eigenvalue weighted by Gasteiger charge is 2.27. The molecule has 1 aromatic heterocycles. The second-order valence-electron chi connectivity index (χ2n) is 9.21. The fraction of sp³-hybridized carbons (Fsp3) is 0.233. The SMILES string of the molecule is Cc1ccc(CNC(=O)COC(=O)c2c3c(nc4ccccc24)CCN(Cc2ccccc2)C3)cc1. The molecule has 0 saturated carbocycles. The highest BCUT2D eigenvalue weighted by Crippen LogP contribution is 2.29. The first-order valence-corrected chi connectivity index (χ1v) is 12.2. The van der Waals surface area contributed by atoms with Crippen molar-refractivity contribution >= 4 is 22.8 Å². The number of carbonyl (C=O) groups excluding carboxylic acids is 2. The summed E-state index contributed by atoms with van der Waals surface area (Å²) in [7, 11) is 0. The Morgan fingerprint density at radius 2 is 1.69 bits per heavy atom. The monoisotopic (exact) mass is 479 g/mol. The number of benzene rings is 3. The third-order valence-corrected chi connectivity index (χ3v) is 6.52. The molecule has 2 heterocycles. The van der Waals surface area contributed by atoms with Crippen LogP contribution in [0, 0.1) is 6.92 Å². The van der Waals surface area contributed by atoms with E-state index in [9.17, 15) is 9.59 Å². The largest absolute Gasteiger partial charge is 0.452 e. The molecule has 1 aliphatic rings. The maximum absolute atomic E-state index is 13.4. The summed E-state index contributed by atoms with van der Waals surface area (Å²) < 4.78 is 5.53. The number of esters is 1. The Bertz CT molecular complexity index is 1380. The molecule has 1 N–H and O–H groups in total. The van der Waals surface area contributed by atoms with Crippen LogP contribution in [0.4, 0.5) is 0 Å². The summed E-state index contributed by atoms with van der Waals surface area (Å²) >= 11 is 0. The molecule has 6 nitrogen and oxygen atoms in total. The van der Waals surface area contributed by atoms with Gasteiger partial charge in [-0.05, 0) is 24.1 Å². The number of amides is 1. The Morgan fingerprint density at radius 3 is 2.50 bits per heavy atom. The quantitative estimate of drug-likeness (QED) is 0.393. The summed E-state index contributed by atoms with van der Waals surface area (Å²) in [5.41, 5.74) is 6.48. The molecule has 6 heteroatoms. The van der Waals surface area contributed by atoms with Crippen LogP contribution in [0.3, 0.4) is 0 Å². The van der Waals surface area contributed by atoms with Crippen molar-refractivity contribution in [1.29, 1.82) is 0 Å². The van der Waals surface area contributed by atoms with Crippen LogP contribution in [0.5, 0.6) is 0 Å². The van der Waals surface area contributed by atoms with Crippen molar-refractivity contribution in [2.24, 2.45) is 0 Å². The van der Waals surface area contributed by atoms with Crippen molar-refractivity contribution in [3.8, 4) is 0 Å². The molecule has 0 fully saturated rings. The molecule has 3 aromatic carbocycles. The van der Waals surface area contributed by atoms with Gasteiger partial charge in [-0.25, -0.2) is 4.79 Å². The zero-order valence-corrected chi connectivity index (χ0v) is 20.4. The summed E-state index contributed by atoms with van der Waals surface area (Å²) in [4.78, 5) is 33.0. The van der Waals surface area contributed by atoms with Gasteiger partial charge in [0.05, 0.1) is 11.1 Å². The topological polar surface area (TPSA) is 71.5 Å². The van der Waals surface area contributed by atoms with Crippen LogP contribution in [0.1, 0.15) is 38.3 Å². The van der Waals surface area contributed by atoms with Gasteiger partial charge in [0.1, 0.15) is 0 Å². The highest BCUT2D eigenvalue weighted by molar-refractivity contribution is 6.05. The van der Waals surface area contributed by atoms with E-state index in [1.165, 1.54) is 5.56 Å². The third-order valence-electron chi connectivity index (χ3n) is 6.52. The van der Waals surface area contributed by atoms with Gasteiger partial charge in [-0.1, -0.05) is 78.4 Å². The van der Waals surface area contributed by atoms with Crippen LogP contribution in [0.25, 0.3) is 10.9 Å². The molecule has 36 heavy (non-hydrogen) atoms. The molecule has 0 radical (unpaired) electrons. The molecular formula is C30H29N3O3. The van der Waals surface area contributed by atoms with E-state index >= 15 is 0 Å². The molecule has 0 aliphatic carbocycles. The number of para-hydroxylation sites is 1. The van der Waals surface area contributed by atoms with Crippen LogP contribution in [-0.4, -0.2) is 34.9 Å². The van der Waals surface area contributed by atoms with Crippen molar-refractivity contribution in [1.82, 2.24) is 15.2 Å². The van der Waals surface area contributed by atoms with E-state index in [4.69, 9.17) is 9.72 Å². The van der Waals surface area contributed by atoms with E-state index in [0.717, 1.165) is 52.8 Å². The van der Waals surface area contributed by atoms with E-state index in [1.54, 1.807) is 0 Å². The van der Waals surface area contributed by atoms with Gasteiger partial charge in [0.25, 0.3) is 5.91 Å². The smallest absolute Gasteiger partial charge is 0.339 e.